The molecule has 0 heterocycles. The zero-order valence-corrected chi connectivity index (χ0v) is 13.6. The standard InChI is InChI=1S/C10H16N2O8.Mn.2H3N/c13-7(14)3-11(4-8(15)16)1-2-12(5-9(17)18)6-10(19)20;;;/h1-6H2,(H,13,14)(H,15,16)(H,17,18)(H,19,20);;2*1H3/p+2. The molecule has 0 saturated carbocycles. The maximum atomic E-state index is 10.6. The third-order valence-corrected chi connectivity index (χ3v) is 2.44. The molecule has 0 aromatic carbocycles. The van der Waals surface area contributed by atoms with Gasteiger partial charge < -0.3 is 42.5 Å². The average molecular weight is 383 g/mol. The molecule has 0 saturated heterocycles. The van der Waals surface area contributed by atoms with Gasteiger partial charge in [0, 0.05) is 17.1 Å². The van der Waals surface area contributed by atoms with Crippen LogP contribution in [0.4, 0.5) is 0 Å². The van der Waals surface area contributed by atoms with Gasteiger partial charge in [0.15, 0.2) is 26.2 Å². The van der Waals surface area contributed by atoms with Crippen molar-refractivity contribution < 1.29 is 66.5 Å². The van der Waals surface area contributed by atoms with Gasteiger partial charge in [-0.3, -0.25) is 0 Å². The van der Waals surface area contributed by atoms with Crippen LogP contribution in [0.3, 0.4) is 0 Å². The Bertz CT molecular complexity index is 327. The topological polar surface area (TPSA) is 228 Å². The molecule has 23 heavy (non-hydrogen) atoms. The molecule has 0 bridgehead atoms. The summed E-state index contributed by atoms with van der Waals surface area (Å²) >= 11 is 0. The molecule has 12 nitrogen and oxygen atoms in total. The zero-order chi connectivity index (χ0) is 15.7. The van der Waals surface area contributed by atoms with E-state index >= 15 is 0 Å². The van der Waals surface area contributed by atoms with E-state index in [1.165, 1.54) is 0 Å². The minimum absolute atomic E-state index is 0. The summed E-state index contributed by atoms with van der Waals surface area (Å²) in [6.45, 7) is -1.62. The van der Waals surface area contributed by atoms with Crippen molar-refractivity contribution in [2.75, 3.05) is 39.3 Å². The first-order chi connectivity index (χ1) is 9.20. The summed E-state index contributed by atoms with van der Waals surface area (Å²) < 4.78 is 0. The first kappa shape index (κ1) is 29.3. The van der Waals surface area contributed by atoms with Crippen LogP contribution >= 0.6 is 0 Å². The van der Waals surface area contributed by atoms with Crippen LogP contribution in [0.2, 0.25) is 0 Å². The Labute approximate surface area is 142 Å². The van der Waals surface area contributed by atoms with E-state index in [0.717, 1.165) is 0 Å². The number of hydrogen-bond donors (Lipinski definition) is 8. The van der Waals surface area contributed by atoms with Gasteiger partial charge in [0.05, 0.1) is 0 Å². The predicted octanol–water partition coefficient (Wildman–Crippen LogP) is -4.58. The van der Waals surface area contributed by atoms with Crippen molar-refractivity contribution in [2.45, 2.75) is 0 Å². The number of carbonyl (C=O) groups is 4. The third-order valence-electron chi connectivity index (χ3n) is 2.44. The normalized spacial score (nSPS) is 9.30. The molecule has 1 radical (unpaired) electrons. The molecule has 13 heteroatoms. The number of hydrogen-bond acceptors (Lipinski definition) is 6. The van der Waals surface area contributed by atoms with E-state index in [4.69, 9.17) is 20.4 Å². The second-order valence-electron chi connectivity index (χ2n) is 4.28. The van der Waals surface area contributed by atoms with E-state index in [9.17, 15) is 19.2 Å². The van der Waals surface area contributed by atoms with Crippen LogP contribution in [0.5, 0.6) is 0 Å². The second kappa shape index (κ2) is 15.1. The summed E-state index contributed by atoms with van der Waals surface area (Å²) in [5, 5.41) is 34.6. The van der Waals surface area contributed by atoms with Crippen LogP contribution < -0.4 is 22.1 Å². The van der Waals surface area contributed by atoms with Crippen molar-refractivity contribution in [3.8, 4) is 0 Å². The summed E-state index contributed by atoms with van der Waals surface area (Å²) in [5.41, 5.74) is 0. The Morgan fingerprint density at radius 1 is 0.565 bits per heavy atom. The van der Waals surface area contributed by atoms with Gasteiger partial charge >= 0.3 is 23.9 Å². The first-order valence-electron chi connectivity index (χ1n) is 5.75. The van der Waals surface area contributed by atoms with Crippen molar-refractivity contribution in [3.63, 3.8) is 0 Å². The SMILES string of the molecule is N.N.O=C(O)C[NH+](CC[NH+](CC(=O)O)CC(=O)O)CC(=O)O.[Mn]. The third kappa shape index (κ3) is 18.2. The monoisotopic (exact) mass is 383 g/mol. The Kier molecular flexibility index (Phi) is 19.3. The molecule has 0 fully saturated rings. The fraction of sp³-hybridized carbons (Fsp3) is 0.600. The Morgan fingerprint density at radius 3 is 0.870 bits per heavy atom. The molecule has 12 N–H and O–H groups in total. The van der Waals surface area contributed by atoms with E-state index in [1.54, 1.807) is 0 Å². The van der Waals surface area contributed by atoms with Crippen LogP contribution in [0, 0.1) is 0 Å². The van der Waals surface area contributed by atoms with Crippen molar-refractivity contribution >= 4 is 23.9 Å². The van der Waals surface area contributed by atoms with Crippen molar-refractivity contribution in [3.05, 3.63) is 0 Å². The van der Waals surface area contributed by atoms with E-state index < -0.39 is 50.1 Å². The van der Waals surface area contributed by atoms with E-state index in [2.05, 4.69) is 0 Å². The smallest absolute Gasteiger partial charge is 0.359 e. The maximum Gasteiger partial charge on any atom is 0.359 e. The first-order valence-corrected chi connectivity index (χ1v) is 5.75. The summed E-state index contributed by atoms with van der Waals surface area (Å²) in [6.07, 6.45) is 0. The quantitative estimate of drug-likeness (QED) is 0.159. The molecule has 137 valence electrons. The fourth-order valence-corrected chi connectivity index (χ4v) is 1.69. The van der Waals surface area contributed by atoms with E-state index in [-0.39, 0.29) is 52.3 Å². The van der Waals surface area contributed by atoms with Gasteiger partial charge in [0.2, 0.25) is 0 Å². The summed E-state index contributed by atoms with van der Waals surface area (Å²) in [5.74, 6) is -4.72. The Balaban J connectivity index is -0.000000602. The van der Waals surface area contributed by atoms with Crippen molar-refractivity contribution in [2.24, 2.45) is 0 Å². The number of rotatable bonds is 11. The predicted molar refractivity (Wildman–Crippen MR) is 71.7 cm³/mol. The molecule has 0 aromatic heterocycles. The summed E-state index contributed by atoms with van der Waals surface area (Å²) in [6, 6.07) is 0. The van der Waals surface area contributed by atoms with Crippen molar-refractivity contribution in [1.82, 2.24) is 12.3 Å². The fourth-order valence-electron chi connectivity index (χ4n) is 1.69. The van der Waals surface area contributed by atoms with Crippen LogP contribution in [0.25, 0.3) is 0 Å². The van der Waals surface area contributed by atoms with Crippen molar-refractivity contribution in [1.29, 1.82) is 0 Å². The minimum atomic E-state index is -1.18. The van der Waals surface area contributed by atoms with E-state index in [1.807, 2.05) is 0 Å². The molecule has 0 aliphatic carbocycles. The van der Waals surface area contributed by atoms with Gasteiger partial charge in [-0.1, -0.05) is 0 Å². The number of quaternary nitrogens is 2. The average Bonchev–Trinajstić information content (AvgIpc) is 2.22. The van der Waals surface area contributed by atoms with Crippen LogP contribution in [0.15, 0.2) is 0 Å². The second-order valence-corrected chi connectivity index (χ2v) is 4.28. The molecule has 0 spiro atoms. The molecule has 0 atom stereocenters. The molecule has 0 amide bonds. The molecular weight excluding hydrogens is 359 g/mol. The van der Waals surface area contributed by atoms with Gasteiger partial charge in [0.1, 0.15) is 13.1 Å². The summed E-state index contributed by atoms with van der Waals surface area (Å²) in [4.78, 5) is 42.8. The molecule has 0 aliphatic rings. The van der Waals surface area contributed by atoms with Crippen LogP contribution in [-0.2, 0) is 36.2 Å². The summed E-state index contributed by atoms with van der Waals surface area (Å²) in [7, 11) is 0. The Hall–Kier alpha value is -1.76. The number of aliphatic carboxylic acids is 4. The van der Waals surface area contributed by atoms with Gasteiger partial charge in [-0.15, -0.1) is 0 Å². The van der Waals surface area contributed by atoms with Gasteiger partial charge in [-0.2, -0.15) is 0 Å². The minimum Gasteiger partial charge on any atom is -0.477 e. The number of carboxylic acids is 4. The number of carboxylic acid groups (broad SMARTS) is 4. The molecule has 0 aliphatic heterocycles. The largest absolute Gasteiger partial charge is 0.477 e. The zero-order valence-electron chi connectivity index (χ0n) is 12.5. The maximum absolute atomic E-state index is 10.6. The Morgan fingerprint density at radius 2 is 0.739 bits per heavy atom. The molecular formula is C10H24MnN4O8+2. The molecule has 0 aromatic rings. The van der Waals surface area contributed by atoms with Crippen LogP contribution in [-0.4, -0.2) is 83.6 Å². The molecule has 0 rings (SSSR count). The van der Waals surface area contributed by atoms with Crippen LogP contribution in [0.1, 0.15) is 0 Å². The number of nitrogens with one attached hydrogen (secondary N) is 2. The van der Waals surface area contributed by atoms with E-state index in [0.29, 0.717) is 0 Å². The molecule has 0 unspecified atom stereocenters. The van der Waals surface area contributed by atoms with Gasteiger partial charge in [0.25, 0.3) is 0 Å². The van der Waals surface area contributed by atoms with Gasteiger partial charge in [-0.05, 0) is 0 Å². The van der Waals surface area contributed by atoms with Gasteiger partial charge in [-0.25, -0.2) is 19.2 Å².